The van der Waals surface area contributed by atoms with Crippen LogP contribution in [0.3, 0.4) is 0 Å². The van der Waals surface area contributed by atoms with E-state index in [1.807, 2.05) is 42.5 Å². The number of carbonyl (C=O) groups is 3. The van der Waals surface area contributed by atoms with E-state index in [1.165, 1.54) is 4.90 Å². The van der Waals surface area contributed by atoms with Gasteiger partial charge in [-0.3, -0.25) is 19.4 Å². The molecule has 6 nitrogen and oxygen atoms in total. The molecule has 3 amide bonds. The van der Waals surface area contributed by atoms with Crippen LogP contribution >= 0.6 is 0 Å². The fourth-order valence-corrected chi connectivity index (χ4v) is 9.15. The number of nitrogens with zero attached hydrogens (tertiary/aromatic N) is 3. The normalized spacial score (nSPS) is 33.8. The van der Waals surface area contributed by atoms with Gasteiger partial charge in [0.05, 0.1) is 17.5 Å². The number of para-hydroxylation sites is 1. The van der Waals surface area contributed by atoms with Gasteiger partial charge in [-0.25, -0.2) is 4.90 Å². The number of imide groups is 1. The molecule has 6 aliphatic rings. The van der Waals surface area contributed by atoms with Gasteiger partial charge in [0, 0.05) is 6.04 Å². The lowest BCUT2D eigenvalue weighted by Gasteiger charge is -2.44. The largest absolute Gasteiger partial charge is 0.273 e. The van der Waals surface area contributed by atoms with Crippen LogP contribution in [-0.4, -0.2) is 39.8 Å². The van der Waals surface area contributed by atoms with Crippen molar-refractivity contribution in [1.29, 1.82) is 0 Å². The Morgan fingerprint density at radius 3 is 2.00 bits per heavy atom. The highest BCUT2D eigenvalue weighted by molar-refractivity contribution is 6.25. The zero-order valence-electron chi connectivity index (χ0n) is 20.2. The second-order valence-electron chi connectivity index (χ2n) is 11.5. The van der Waals surface area contributed by atoms with Crippen LogP contribution in [0.4, 0.5) is 5.69 Å². The van der Waals surface area contributed by atoms with Crippen LogP contribution < -0.4 is 4.90 Å². The van der Waals surface area contributed by atoms with Crippen LogP contribution in [-0.2, 0) is 19.9 Å². The van der Waals surface area contributed by atoms with Gasteiger partial charge < -0.3 is 0 Å². The van der Waals surface area contributed by atoms with Gasteiger partial charge in [-0.05, 0) is 65.5 Å². The lowest BCUT2D eigenvalue weighted by atomic mass is 9.72. The average Bonchev–Trinajstić information content (AvgIpc) is 3.75. The van der Waals surface area contributed by atoms with Crippen LogP contribution in [0.5, 0.6) is 0 Å². The molecule has 0 N–H and O–H groups in total. The van der Waals surface area contributed by atoms with Gasteiger partial charge in [-0.2, -0.15) is 5.01 Å². The van der Waals surface area contributed by atoms with Gasteiger partial charge in [-0.15, -0.1) is 0 Å². The summed E-state index contributed by atoms with van der Waals surface area (Å²) >= 11 is 0. The van der Waals surface area contributed by atoms with Gasteiger partial charge in [0.25, 0.3) is 5.91 Å². The molecule has 0 unspecified atom stereocenters. The number of benzene rings is 3. The molecule has 6 heteroatoms. The third-order valence-electron chi connectivity index (χ3n) is 10.2. The molecule has 3 aliphatic carbocycles. The molecule has 1 spiro atoms. The van der Waals surface area contributed by atoms with Crippen LogP contribution in [0.1, 0.15) is 30.4 Å². The third kappa shape index (κ3) is 2.07. The maximum Gasteiger partial charge on any atom is 0.259 e. The molecule has 37 heavy (non-hydrogen) atoms. The molecule has 6 atom stereocenters. The fraction of sp³-hybridized carbons (Fsp3) is 0.323. The Balaban J connectivity index is 1.36. The molecule has 0 radical (unpaired) electrons. The number of amides is 3. The Bertz CT molecular complexity index is 1500. The topological polar surface area (TPSA) is 60.9 Å². The van der Waals surface area contributed by atoms with Crippen molar-refractivity contribution in [1.82, 2.24) is 10.0 Å². The first-order valence-corrected chi connectivity index (χ1v) is 13.4. The predicted molar refractivity (Wildman–Crippen MR) is 136 cm³/mol. The van der Waals surface area contributed by atoms with Gasteiger partial charge in [0.1, 0.15) is 11.6 Å². The second kappa shape index (κ2) is 6.56. The minimum absolute atomic E-state index is 0.0295. The zero-order valence-corrected chi connectivity index (χ0v) is 20.2. The van der Waals surface area contributed by atoms with Gasteiger partial charge in [0.15, 0.2) is 0 Å². The molecule has 9 rings (SSSR count). The minimum atomic E-state index is -0.881. The summed E-state index contributed by atoms with van der Waals surface area (Å²) in [5, 5.41) is 4.04. The molecule has 2 saturated carbocycles. The van der Waals surface area contributed by atoms with Gasteiger partial charge >= 0.3 is 0 Å². The SMILES string of the molecule is O=C1[C@@H]2[C@H](C(=O)N1c1ccccc1)N1C(=O)[C@H]3[C@@H]4CC[C@@H](C4)[C@H]3N1C21c2ccccc2-c2ccccc21. The second-order valence-corrected chi connectivity index (χ2v) is 11.5. The van der Waals surface area contributed by atoms with Crippen LogP contribution in [0.25, 0.3) is 11.1 Å². The summed E-state index contributed by atoms with van der Waals surface area (Å²) in [5.74, 6) is -0.468. The summed E-state index contributed by atoms with van der Waals surface area (Å²) in [6.45, 7) is 0. The predicted octanol–water partition coefficient (Wildman–Crippen LogP) is 3.96. The zero-order chi connectivity index (χ0) is 24.6. The molecule has 3 saturated heterocycles. The molecule has 3 aromatic carbocycles. The first-order valence-electron chi connectivity index (χ1n) is 13.4. The molecule has 3 aromatic rings. The standard InChI is InChI=1S/C31H25N3O3/c35-28-24-17-14-15-18(16-17)26(24)34-31(22-12-6-4-10-20(22)21-11-5-7-13-23(21)31)25-27(33(28)34)30(37)32(29(25)36)19-8-2-1-3-9-19/h1-13,17-18,24-27H,14-16H2/t17-,18+,24+,25+,26-,27-/m1/s1. The lowest BCUT2D eigenvalue weighted by molar-refractivity contribution is -0.149. The van der Waals surface area contributed by atoms with Gasteiger partial charge in [0.2, 0.25) is 11.8 Å². The third-order valence-corrected chi connectivity index (χ3v) is 10.2. The van der Waals surface area contributed by atoms with Gasteiger partial charge in [-0.1, -0.05) is 66.7 Å². The Morgan fingerprint density at radius 1 is 0.676 bits per heavy atom. The lowest BCUT2D eigenvalue weighted by Crippen LogP contribution is -2.55. The maximum absolute atomic E-state index is 14.5. The van der Waals surface area contributed by atoms with Crippen molar-refractivity contribution in [2.24, 2.45) is 23.7 Å². The summed E-state index contributed by atoms with van der Waals surface area (Å²) in [6, 6.07) is 25.0. The van der Waals surface area contributed by atoms with Crippen LogP contribution in [0.15, 0.2) is 78.9 Å². The summed E-state index contributed by atoms with van der Waals surface area (Å²) in [5.41, 5.74) is 3.96. The first kappa shape index (κ1) is 20.3. The van der Waals surface area contributed by atoms with Crippen molar-refractivity contribution in [3.8, 4) is 11.1 Å². The van der Waals surface area contributed by atoms with E-state index in [9.17, 15) is 14.4 Å². The van der Waals surface area contributed by atoms with Crippen molar-refractivity contribution in [2.45, 2.75) is 36.9 Å². The number of anilines is 1. The summed E-state index contributed by atoms with van der Waals surface area (Å²) in [4.78, 5) is 44.3. The molecular formula is C31H25N3O3. The van der Waals surface area contributed by atoms with Crippen molar-refractivity contribution in [3.63, 3.8) is 0 Å². The van der Waals surface area contributed by atoms with Crippen molar-refractivity contribution >= 4 is 23.4 Å². The van der Waals surface area contributed by atoms with Crippen LogP contribution in [0.2, 0.25) is 0 Å². The van der Waals surface area contributed by atoms with E-state index in [2.05, 4.69) is 29.3 Å². The highest BCUT2D eigenvalue weighted by atomic mass is 16.2. The molecule has 182 valence electrons. The minimum Gasteiger partial charge on any atom is -0.273 e. The number of rotatable bonds is 1. The molecule has 5 fully saturated rings. The maximum atomic E-state index is 14.5. The first-order chi connectivity index (χ1) is 18.1. The van der Waals surface area contributed by atoms with E-state index in [0.29, 0.717) is 17.5 Å². The number of hydrogen-bond donors (Lipinski definition) is 0. The van der Waals surface area contributed by atoms with Crippen LogP contribution in [0, 0.1) is 23.7 Å². The Kier molecular flexibility index (Phi) is 3.60. The van der Waals surface area contributed by atoms with Crippen molar-refractivity contribution < 1.29 is 14.4 Å². The van der Waals surface area contributed by atoms with E-state index >= 15 is 0 Å². The van der Waals surface area contributed by atoms with E-state index in [1.54, 1.807) is 17.1 Å². The summed E-state index contributed by atoms with van der Waals surface area (Å²) in [7, 11) is 0. The van der Waals surface area contributed by atoms with E-state index in [0.717, 1.165) is 41.5 Å². The Morgan fingerprint density at radius 2 is 1.30 bits per heavy atom. The number of hydrogen-bond acceptors (Lipinski definition) is 4. The van der Waals surface area contributed by atoms with Crippen molar-refractivity contribution in [2.75, 3.05) is 4.90 Å². The number of fused-ring (bicyclic) bond motifs is 16. The molecule has 0 aromatic heterocycles. The van der Waals surface area contributed by atoms with E-state index in [-0.39, 0.29) is 29.7 Å². The number of hydrazine groups is 1. The summed E-state index contributed by atoms with van der Waals surface area (Å²) < 4.78 is 0. The van der Waals surface area contributed by atoms with E-state index < -0.39 is 17.5 Å². The fourth-order valence-electron chi connectivity index (χ4n) is 9.15. The molecular weight excluding hydrogens is 462 g/mol. The monoisotopic (exact) mass is 487 g/mol. The highest BCUT2D eigenvalue weighted by Crippen LogP contribution is 2.68. The molecule has 2 bridgehead atoms. The van der Waals surface area contributed by atoms with E-state index in [4.69, 9.17) is 0 Å². The van der Waals surface area contributed by atoms with Crippen molar-refractivity contribution in [3.05, 3.63) is 90.0 Å². The number of carbonyl (C=O) groups excluding carboxylic acids is 3. The molecule has 3 heterocycles. The smallest absolute Gasteiger partial charge is 0.259 e. The molecule has 3 aliphatic heterocycles. The Hall–Kier alpha value is -3.77. The highest BCUT2D eigenvalue weighted by Gasteiger charge is 2.79. The average molecular weight is 488 g/mol. The Labute approximate surface area is 214 Å². The summed E-state index contributed by atoms with van der Waals surface area (Å²) in [6.07, 6.45) is 3.25. The quantitative estimate of drug-likeness (QED) is 0.488.